The minimum Gasteiger partial charge on any atom is -0.192 e. The molecule has 0 aromatic heterocycles. The van der Waals surface area contributed by atoms with Crippen LogP contribution in [-0.4, -0.2) is 11.4 Å². The Morgan fingerprint density at radius 3 is 2.23 bits per heavy atom. The molecule has 0 spiro atoms. The lowest BCUT2D eigenvalue weighted by Gasteiger charge is -2.20. The van der Waals surface area contributed by atoms with E-state index in [2.05, 4.69) is 21.1 Å². The van der Waals surface area contributed by atoms with Gasteiger partial charge in [-0.3, -0.25) is 0 Å². The van der Waals surface area contributed by atoms with Gasteiger partial charge in [0.15, 0.2) is 5.71 Å². The molecule has 0 radical (unpaired) electrons. The first-order valence-electron chi connectivity index (χ1n) is 6.36. The molecular formula is C17H7N5. The van der Waals surface area contributed by atoms with E-state index in [1.54, 1.807) is 18.2 Å². The Labute approximate surface area is 126 Å². The van der Waals surface area contributed by atoms with E-state index in [1.807, 2.05) is 30.5 Å². The SMILES string of the molecule is [C-]#[N+]/N=C1/c2ccccc2C(=NC#N)c2ccc(C#N)cc21. The Hall–Kier alpha value is -3.75. The predicted octanol–water partition coefficient (Wildman–Crippen LogP) is 2.86. The summed E-state index contributed by atoms with van der Waals surface area (Å²) in [7, 11) is 0. The van der Waals surface area contributed by atoms with Crippen LogP contribution in [0.1, 0.15) is 27.8 Å². The molecule has 1 aliphatic carbocycles. The van der Waals surface area contributed by atoms with Gasteiger partial charge in [-0.15, -0.1) is 4.95 Å². The summed E-state index contributed by atoms with van der Waals surface area (Å²) >= 11 is 0. The molecule has 100 valence electrons. The van der Waals surface area contributed by atoms with Crippen LogP contribution in [0.2, 0.25) is 0 Å². The first kappa shape index (κ1) is 13.2. The highest BCUT2D eigenvalue weighted by Gasteiger charge is 2.28. The summed E-state index contributed by atoms with van der Waals surface area (Å²) in [4.78, 5) is 7.06. The maximum absolute atomic E-state index is 9.09. The van der Waals surface area contributed by atoms with Crippen molar-refractivity contribution in [2.24, 2.45) is 10.1 Å². The van der Waals surface area contributed by atoms with Crippen molar-refractivity contribution in [1.82, 2.24) is 0 Å². The lowest BCUT2D eigenvalue weighted by atomic mass is 9.82. The zero-order chi connectivity index (χ0) is 15.5. The van der Waals surface area contributed by atoms with Crippen LogP contribution < -0.4 is 0 Å². The van der Waals surface area contributed by atoms with Crippen LogP contribution in [-0.2, 0) is 0 Å². The molecule has 0 aliphatic heterocycles. The normalized spacial score (nSPS) is 15.3. The van der Waals surface area contributed by atoms with E-state index in [0.717, 1.165) is 11.1 Å². The van der Waals surface area contributed by atoms with Crippen LogP contribution in [0, 0.1) is 29.4 Å². The zero-order valence-electron chi connectivity index (χ0n) is 11.3. The maximum atomic E-state index is 9.09. The molecule has 0 atom stereocenters. The van der Waals surface area contributed by atoms with E-state index in [9.17, 15) is 0 Å². The molecule has 0 amide bonds. The van der Waals surface area contributed by atoms with Gasteiger partial charge in [0.1, 0.15) is 0 Å². The summed E-state index contributed by atoms with van der Waals surface area (Å²) in [5, 5.41) is 22.0. The Morgan fingerprint density at radius 2 is 1.59 bits per heavy atom. The van der Waals surface area contributed by atoms with Crippen molar-refractivity contribution < 1.29 is 0 Å². The van der Waals surface area contributed by atoms with Crippen molar-refractivity contribution in [3.63, 3.8) is 0 Å². The molecule has 0 bridgehead atoms. The number of nitrogens with zero attached hydrogens (tertiary/aromatic N) is 5. The number of rotatable bonds is 0. The van der Waals surface area contributed by atoms with Gasteiger partial charge >= 0.3 is 0 Å². The van der Waals surface area contributed by atoms with E-state index < -0.39 is 0 Å². The van der Waals surface area contributed by atoms with E-state index >= 15 is 0 Å². The first-order chi connectivity index (χ1) is 10.8. The van der Waals surface area contributed by atoms with Crippen LogP contribution in [0.25, 0.3) is 4.95 Å². The molecule has 2 aromatic rings. The molecule has 0 saturated heterocycles. The molecule has 22 heavy (non-hydrogen) atoms. The predicted molar refractivity (Wildman–Crippen MR) is 81.1 cm³/mol. The lowest BCUT2D eigenvalue weighted by molar-refractivity contribution is 1.38. The van der Waals surface area contributed by atoms with Crippen LogP contribution in [0.3, 0.4) is 0 Å². The second-order valence-corrected chi connectivity index (χ2v) is 4.53. The molecule has 5 nitrogen and oxygen atoms in total. The molecule has 3 rings (SSSR count). The van der Waals surface area contributed by atoms with E-state index in [4.69, 9.17) is 17.1 Å². The van der Waals surface area contributed by atoms with Gasteiger partial charge in [-0.1, -0.05) is 30.3 Å². The van der Waals surface area contributed by atoms with Gasteiger partial charge in [-0.05, 0) is 12.1 Å². The monoisotopic (exact) mass is 281 g/mol. The molecule has 0 fully saturated rings. The average Bonchev–Trinajstić information content (AvgIpc) is 2.57. The van der Waals surface area contributed by atoms with Crippen molar-refractivity contribution in [1.29, 1.82) is 10.5 Å². The number of hydrogen-bond acceptors (Lipinski definition) is 4. The average molecular weight is 281 g/mol. The molecule has 2 aromatic carbocycles. The van der Waals surface area contributed by atoms with Crippen LogP contribution >= 0.6 is 0 Å². The summed E-state index contributed by atoms with van der Waals surface area (Å²) in [6.07, 6.45) is 1.82. The maximum Gasteiger partial charge on any atom is 0.206 e. The van der Waals surface area contributed by atoms with E-state index in [1.165, 1.54) is 0 Å². The van der Waals surface area contributed by atoms with Gasteiger partial charge in [0.25, 0.3) is 0 Å². The second-order valence-electron chi connectivity index (χ2n) is 4.53. The van der Waals surface area contributed by atoms with Crippen molar-refractivity contribution in [2.45, 2.75) is 0 Å². The third-order valence-corrected chi connectivity index (χ3v) is 3.41. The minimum atomic E-state index is 0.465. The fourth-order valence-corrected chi connectivity index (χ4v) is 2.53. The van der Waals surface area contributed by atoms with Crippen LogP contribution in [0.4, 0.5) is 0 Å². The van der Waals surface area contributed by atoms with Crippen molar-refractivity contribution in [3.8, 4) is 12.3 Å². The van der Waals surface area contributed by atoms with Crippen molar-refractivity contribution >= 4 is 11.4 Å². The molecule has 0 N–H and O–H groups in total. The van der Waals surface area contributed by atoms with E-state index in [0.29, 0.717) is 28.1 Å². The highest BCUT2D eigenvalue weighted by atomic mass is 15.2. The number of fused-ring (bicyclic) bond motifs is 2. The van der Waals surface area contributed by atoms with Crippen molar-refractivity contribution in [2.75, 3.05) is 0 Å². The summed E-state index contributed by atoms with van der Waals surface area (Å²) in [6.45, 7) is 7.04. The number of nitriles is 2. The fraction of sp³-hybridized carbons (Fsp3) is 0. The summed E-state index contributed by atoms with van der Waals surface area (Å²) in [5.74, 6) is 0. The second kappa shape index (κ2) is 5.32. The number of hydrogen-bond donors (Lipinski definition) is 0. The molecule has 0 unspecified atom stereocenters. The quantitative estimate of drug-likeness (QED) is 0.361. The van der Waals surface area contributed by atoms with E-state index in [-0.39, 0.29) is 0 Å². The standard InChI is InChI=1S/C17H7N5/c1-20-22-17-13-5-3-2-4-12(13)16(21-10-19)14-7-6-11(9-18)8-15(14)17/h2-8H/b21-16?,22-17-. The third kappa shape index (κ3) is 1.93. The van der Waals surface area contributed by atoms with Gasteiger partial charge in [0.05, 0.1) is 22.4 Å². The Bertz CT molecular complexity index is 962. The largest absolute Gasteiger partial charge is 0.206 e. The molecule has 0 saturated carbocycles. The number of aliphatic imine (C=N–C) groups is 1. The van der Waals surface area contributed by atoms with Gasteiger partial charge < -0.3 is 0 Å². The lowest BCUT2D eigenvalue weighted by Crippen LogP contribution is -2.22. The fourth-order valence-electron chi connectivity index (χ4n) is 2.53. The minimum absolute atomic E-state index is 0.465. The van der Waals surface area contributed by atoms with Gasteiger partial charge in [0.2, 0.25) is 6.19 Å². The summed E-state index contributed by atoms with van der Waals surface area (Å²) in [6, 6.07) is 14.5. The van der Waals surface area contributed by atoms with Gasteiger partial charge in [-0.2, -0.15) is 22.1 Å². The third-order valence-electron chi connectivity index (χ3n) is 3.41. The Morgan fingerprint density at radius 1 is 0.909 bits per heavy atom. The highest BCUT2D eigenvalue weighted by Crippen LogP contribution is 2.29. The Balaban J connectivity index is 2.43. The molecule has 5 heteroatoms. The molecule has 0 heterocycles. The summed E-state index contributed by atoms with van der Waals surface area (Å²) in [5.41, 5.74) is 4.31. The van der Waals surface area contributed by atoms with Gasteiger partial charge in [-0.25, -0.2) is 0 Å². The Kier molecular flexibility index (Phi) is 3.20. The molecular weight excluding hydrogens is 274 g/mol. The van der Waals surface area contributed by atoms with Crippen LogP contribution in [0.5, 0.6) is 0 Å². The van der Waals surface area contributed by atoms with Crippen LogP contribution in [0.15, 0.2) is 52.6 Å². The topological polar surface area (TPSA) is 76.7 Å². The molecule has 1 aliphatic rings. The number of benzene rings is 2. The first-order valence-corrected chi connectivity index (χ1v) is 6.36. The summed E-state index contributed by atoms with van der Waals surface area (Å²) < 4.78 is 0. The van der Waals surface area contributed by atoms with Gasteiger partial charge in [0, 0.05) is 22.3 Å². The smallest absolute Gasteiger partial charge is 0.192 e. The zero-order valence-corrected chi connectivity index (χ0v) is 11.3. The highest BCUT2D eigenvalue weighted by molar-refractivity contribution is 6.31. The van der Waals surface area contributed by atoms with Crippen molar-refractivity contribution in [3.05, 3.63) is 81.8 Å².